The molecule has 2 aromatic carbocycles. The summed E-state index contributed by atoms with van der Waals surface area (Å²) < 4.78 is 13.2. The Kier molecular flexibility index (Phi) is 6.01. The number of piperidine rings is 4. The van der Waals surface area contributed by atoms with Gasteiger partial charge in [0.25, 0.3) is 5.91 Å². The topological polar surface area (TPSA) is 151 Å². The molecule has 14 aliphatic rings. The first kappa shape index (κ1) is 37.9. The molecule has 13 nitrogen and oxygen atoms in total. The molecular formula is C52H55N6O7-. The van der Waals surface area contributed by atoms with E-state index >= 15 is 24.4 Å². The molecule has 2 aliphatic carbocycles. The zero-order chi connectivity index (χ0) is 44.9. The number of anilines is 1. The molecule has 17 rings (SSSR count). The SMILES string of the molecule is CC1(C)C=Cc2c(ccc3c2N([O-])C2C(C)(C)C4C[C@]56CCCN5C(=O)C4(NC6=O)[C@H]4N5C(=O)[C@]67CCCN6C(=O)C56C(C7)C(C)(C)c5[nH]c7c8c(ccc7c5[C@@H]6C324)OC(C)(C)C=C8)O1. The number of hydroxylamine groups is 1. The first-order valence-electron chi connectivity index (χ1n) is 24.1. The number of amides is 4. The van der Waals surface area contributed by atoms with Gasteiger partial charge >= 0.3 is 0 Å². The molecule has 1 saturated carbocycles. The molecule has 6 unspecified atom stereocenters. The minimum atomic E-state index is -1.64. The van der Waals surface area contributed by atoms with Crippen molar-refractivity contribution in [3.8, 4) is 11.5 Å². The van der Waals surface area contributed by atoms with E-state index in [1.165, 1.54) is 5.06 Å². The van der Waals surface area contributed by atoms with Crippen molar-refractivity contribution in [2.45, 2.75) is 156 Å². The van der Waals surface area contributed by atoms with E-state index in [0.717, 1.165) is 33.5 Å². The highest BCUT2D eigenvalue weighted by Gasteiger charge is 2.94. The Morgan fingerprint density at radius 3 is 2.08 bits per heavy atom. The van der Waals surface area contributed by atoms with Crippen LogP contribution in [-0.4, -0.2) is 102 Å². The Balaban J connectivity index is 1.15. The Morgan fingerprint density at radius 2 is 1.35 bits per heavy atom. The molecule has 5 spiro atoms. The fourth-order valence-corrected chi connectivity index (χ4v) is 18.2. The number of hydrogen-bond acceptors (Lipinski definition) is 8. The predicted octanol–water partition coefficient (Wildman–Crippen LogP) is 6.17. The van der Waals surface area contributed by atoms with E-state index in [1.807, 2.05) is 72.7 Å². The van der Waals surface area contributed by atoms with E-state index in [9.17, 15) is 0 Å². The summed E-state index contributed by atoms with van der Waals surface area (Å²) in [6, 6.07) is 6.16. The molecule has 13 heterocycles. The molecule has 0 radical (unpaired) electrons. The van der Waals surface area contributed by atoms with Gasteiger partial charge in [0.05, 0.1) is 17.0 Å². The third-order valence-electron chi connectivity index (χ3n) is 20.2. The fourth-order valence-electron chi connectivity index (χ4n) is 18.2. The van der Waals surface area contributed by atoms with Crippen LogP contribution in [0.25, 0.3) is 23.1 Å². The van der Waals surface area contributed by atoms with Gasteiger partial charge in [0, 0.05) is 70.2 Å². The highest BCUT2D eigenvalue weighted by molar-refractivity contribution is 6.12. The van der Waals surface area contributed by atoms with Crippen LogP contribution in [0.1, 0.15) is 128 Å². The number of H-pyrrole nitrogens is 1. The van der Waals surface area contributed by atoms with Gasteiger partial charge in [-0.15, -0.1) is 0 Å². The van der Waals surface area contributed by atoms with Crippen LogP contribution in [0.2, 0.25) is 0 Å². The molecule has 1 aromatic heterocycles. The molecule has 10 fully saturated rings. The van der Waals surface area contributed by atoms with Gasteiger partial charge in [0.2, 0.25) is 17.7 Å². The normalized spacial score (nSPS) is 42.0. The minimum Gasteiger partial charge on any atom is -0.758 e. The number of ether oxygens (including phenoxy) is 2. The third-order valence-corrected chi connectivity index (χ3v) is 20.2. The van der Waals surface area contributed by atoms with E-state index in [-0.39, 0.29) is 23.6 Å². The van der Waals surface area contributed by atoms with E-state index < -0.39 is 79.4 Å². The lowest BCUT2D eigenvalue weighted by Gasteiger charge is -2.73. The number of hydrogen-bond donors (Lipinski definition) is 2. The number of aromatic amines is 1. The Bertz CT molecular complexity index is 3000. The zero-order valence-electron chi connectivity index (χ0n) is 38.3. The number of rotatable bonds is 0. The lowest BCUT2D eigenvalue weighted by molar-refractivity contribution is -0.217. The van der Waals surface area contributed by atoms with Crippen LogP contribution in [0.3, 0.4) is 0 Å². The fraction of sp³-hybridized carbons (Fsp3) is 0.577. The summed E-state index contributed by atoms with van der Waals surface area (Å²) in [5.41, 5.74) is -4.01. The third kappa shape index (κ3) is 3.46. The molecule has 12 aliphatic heterocycles. The second kappa shape index (κ2) is 10.3. The maximum Gasteiger partial charge on any atom is 0.251 e. The molecule has 9 saturated heterocycles. The Hall–Kier alpha value is -5.30. The van der Waals surface area contributed by atoms with E-state index in [1.54, 1.807) is 0 Å². The number of nitrogens with one attached hydrogen (secondary N) is 2. The molecule has 336 valence electrons. The molecule has 13 heteroatoms. The molecule has 4 bridgehead atoms. The van der Waals surface area contributed by atoms with Crippen LogP contribution in [0.15, 0.2) is 36.4 Å². The van der Waals surface area contributed by atoms with E-state index in [0.29, 0.717) is 74.2 Å². The van der Waals surface area contributed by atoms with Crippen molar-refractivity contribution in [2.24, 2.45) is 17.3 Å². The maximum atomic E-state index is 16.7. The zero-order valence-corrected chi connectivity index (χ0v) is 38.3. The van der Waals surface area contributed by atoms with Crippen LogP contribution in [-0.2, 0) is 30.0 Å². The number of benzene rings is 2. The van der Waals surface area contributed by atoms with Crippen molar-refractivity contribution in [3.05, 3.63) is 69.6 Å². The van der Waals surface area contributed by atoms with Crippen LogP contribution in [0, 0.1) is 22.5 Å². The number of aromatic nitrogens is 1. The molecule has 4 amide bonds. The molecule has 3 aromatic rings. The standard InChI is InChI=1S/C52H55N6O7/c1-44(2)19-15-25-29(64-44)13-11-27-33-36-50-28-12-14-30-26(16-20-45(3,4)65-30)35(28)58(63)38(50)47(7,8)31-23-48-17-9-21-55(48)42(61)51(31,54-40(48)59)39(50)57-41(60)49-18-10-22-56(49)43(62)52(36,57)32(24-49)46(5,6)37(33)53-34(25)27/h11-16,19-20,31-32,36,38-39,53H,9-10,17-18,21-24H2,1-8H3,(H,54,59)/q-1/t31?,32?,36-,38?,39+,48+,49-,50?,51?,52?/m1/s1. The van der Waals surface area contributed by atoms with Gasteiger partial charge in [-0.25, -0.2) is 0 Å². The van der Waals surface area contributed by atoms with Gasteiger partial charge in [-0.05, 0) is 125 Å². The summed E-state index contributed by atoms with van der Waals surface area (Å²) in [6.07, 6.45) is 11.5. The van der Waals surface area contributed by atoms with Crippen LogP contribution < -0.4 is 19.9 Å². The average Bonchev–Trinajstić information content (AvgIpc) is 4.06. The van der Waals surface area contributed by atoms with Gasteiger partial charge in [0.15, 0.2) is 0 Å². The van der Waals surface area contributed by atoms with Gasteiger partial charge in [-0.3, -0.25) is 19.2 Å². The quantitative estimate of drug-likeness (QED) is 0.273. The van der Waals surface area contributed by atoms with Crippen molar-refractivity contribution in [1.82, 2.24) is 25.0 Å². The number of carbonyl (C=O) groups is 4. The maximum absolute atomic E-state index is 16.7. The summed E-state index contributed by atoms with van der Waals surface area (Å²) >= 11 is 0. The number of piperazine rings is 2. The summed E-state index contributed by atoms with van der Waals surface area (Å²) in [5.74, 6) is -1.01. The number of carbonyl (C=O) groups excluding carboxylic acids is 4. The summed E-state index contributed by atoms with van der Waals surface area (Å²) in [4.78, 5) is 74.6. The van der Waals surface area contributed by atoms with Gasteiger partial charge < -0.3 is 44.7 Å². The van der Waals surface area contributed by atoms with Gasteiger partial charge in [0.1, 0.15) is 44.9 Å². The van der Waals surface area contributed by atoms with Crippen molar-refractivity contribution >= 4 is 52.4 Å². The predicted molar refractivity (Wildman–Crippen MR) is 241 cm³/mol. The van der Waals surface area contributed by atoms with Crippen molar-refractivity contribution in [3.63, 3.8) is 0 Å². The van der Waals surface area contributed by atoms with Gasteiger partial charge in [-0.1, -0.05) is 33.8 Å². The summed E-state index contributed by atoms with van der Waals surface area (Å²) in [6.45, 7) is 17.7. The van der Waals surface area contributed by atoms with Crippen LogP contribution in [0.4, 0.5) is 5.69 Å². The van der Waals surface area contributed by atoms with Crippen LogP contribution >= 0.6 is 0 Å². The Morgan fingerprint density at radius 1 is 0.723 bits per heavy atom. The average molecular weight is 876 g/mol. The van der Waals surface area contributed by atoms with Crippen molar-refractivity contribution in [2.75, 3.05) is 18.2 Å². The molecule has 10 atom stereocenters. The monoisotopic (exact) mass is 875 g/mol. The van der Waals surface area contributed by atoms with E-state index in [4.69, 9.17) is 9.47 Å². The second-order valence-corrected chi connectivity index (χ2v) is 24.3. The smallest absolute Gasteiger partial charge is 0.251 e. The summed E-state index contributed by atoms with van der Waals surface area (Å²) in [7, 11) is 0. The van der Waals surface area contributed by atoms with E-state index in [2.05, 4.69) is 56.2 Å². The van der Waals surface area contributed by atoms with Crippen LogP contribution in [0.5, 0.6) is 11.5 Å². The molecular weight excluding hydrogens is 821 g/mol. The first-order chi connectivity index (χ1) is 30.7. The minimum absolute atomic E-state index is 0.0881. The number of fused-ring (bicyclic) bond motifs is 10. The van der Waals surface area contributed by atoms with Crippen molar-refractivity contribution in [1.29, 1.82) is 0 Å². The largest absolute Gasteiger partial charge is 0.758 e. The first-order valence-corrected chi connectivity index (χ1v) is 24.1. The lowest BCUT2D eigenvalue weighted by Crippen LogP contribution is -2.93. The highest BCUT2D eigenvalue weighted by Crippen LogP contribution is 2.82. The summed E-state index contributed by atoms with van der Waals surface area (Å²) in [5, 5.41) is 22.2. The number of nitrogens with zero attached hydrogens (tertiary/aromatic N) is 4. The van der Waals surface area contributed by atoms with Gasteiger partial charge in [-0.2, -0.15) is 0 Å². The highest BCUT2D eigenvalue weighted by atomic mass is 16.5. The Labute approximate surface area is 377 Å². The van der Waals surface area contributed by atoms with Crippen molar-refractivity contribution < 1.29 is 28.7 Å². The lowest BCUT2D eigenvalue weighted by atomic mass is 9.38. The molecule has 65 heavy (non-hydrogen) atoms. The molecule has 2 N–H and O–H groups in total. The second-order valence-electron chi connectivity index (χ2n) is 24.3.